The zero-order chi connectivity index (χ0) is 19.6. The minimum atomic E-state index is -1.21. The standard InChI is InChI=1S/C19H23ClN2O5/c1-27-15-7-6-12(9-14(15)20)16(19(25)26)21-17(23)13-3-2-8-22(10-13)18(24)11-4-5-11/h6-7,9,11,13,16H,2-5,8,10H2,1H3,(H,21,23)(H,25,26). The van der Waals surface area contributed by atoms with Crippen molar-refractivity contribution in [2.75, 3.05) is 20.2 Å². The Bertz CT molecular complexity index is 750. The van der Waals surface area contributed by atoms with E-state index < -0.39 is 17.9 Å². The van der Waals surface area contributed by atoms with E-state index in [2.05, 4.69) is 5.32 Å². The zero-order valence-corrected chi connectivity index (χ0v) is 15.9. The number of carboxylic acid groups (broad SMARTS) is 1. The number of rotatable bonds is 6. The average molecular weight is 395 g/mol. The molecule has 2 amide bonds. The molecular weight excluding hydrogens is 372 g/mol. The molecule has 1 aromatic rings. The first-order chi connectivity index (χ1) is 12.9. The van der Waals surface area contributed by atoms with Crippen LogP contribution in [-0.2, 0) is 14.4 Å². The third kappa shape index (κ3) is 4.53. The van der Waals surface area contributed by atoms with Crippen LogP contribution in [0.5, 0.6) is 5.75 Å². The Morgan fingerprint density at radius 1 is 1.26 bits per heavy atom. The highest BCUT2D eigenvalue weighted by molar-refractivity contribution is 6.32. The number of aliphatic carboxylic acids is 1. The summed E-state index contributed by atoms with van der Waals surface area (Å²) in [4.78, 5) is 38.4. The smallest absolute Gasteiger partial charge is 0.330 e. The molecule has 8 heteroatoms. The number of nitrogens with zero attached hydrogens (tertiary/aromatic N) is 1. The molecule has 2 N–H and O–H groups in total. The van der Waals surface area contributed by atoms with Gasteiger partial charge in [-0.1, -0.05) is 17.7 Å². The molecule has 0 radical (unpaired) electrons. The van der Waals surface area contributed by atoms with Crippen LogP contribution >= 0.6 is 11.6 Å². The molecule has 0 aromatic heterocycles. The van der Waals surface area contributed by atoms with Crippen molar-refractivity contribution in [3.8, 4) is 5.75 Å². The predicted molar refractivity (Wildman–Crippen MR) is 98.6 cm³/mol. The molecular formula is C19H23ClN2O5. The number of hydrogen-bond donors (Lipinski definition) is 2. The number of piperidine rings is 1. The maximum atomic E-state index is 12.7. The summed E-state index contributed by atoms with van der Waals surface area (Å²) in [5.74, 6) is -1.28. The molecule has 1 aliphatic carbocycles. The van der Waals surface area contributed by atoms with Gasteiger partial charge in [0.2, 0.25) is 11.8 Å². The van der Waals surface area contributed by atoms with Crippen molar-refractivity contribution in [1.29, 1.82) is 0 Å². The lowest BCUT2D eigenvalue weighted by Crippen LogP contribution is -2.47. The summed E-state index contributed by atoms with van der Waals surface area (Å²) in [6, 6.07) is 3.39. The van der Waals surface area contributed by atoms with Crippen molar-refractivity contribution in [3.63, 3.8) is 0 Å². The Hall–Kier alpha value is -2.28. The molecule has 2 aliphatic rings. The maximum absolute atomic E-state index is 12.7. The molecule has 1 aliphatic heterocycles. The van der Waals surface area contributed by atoms with Gasteiger partial charge in [-0.15, -0.1) is 0 Å². The van der Waals surface area contributed by atoms with Gasteiger partial charge in [0.1, 0.15) is 5.75 Å². The summed E-state index contributed by atoms with van der Waals surface area (Å²) in [5, 5.41) is 12.4. The van der Waals surface area contributed by atoms with Crippen molar-refractivity contribution in [2.45, 2.75) is 31.7 Å². The highest BCUT2D eigenvalue weighted by Crippen LogP contribution is 2.33. The lowest BCUT2D eigenvalue weighted by Gasteiger charge is -2.32. The van der Waals surface area contributed by atoms with E-state index in [0.29, 0.717) is 30.8 Å². The number of carboxylic acids is 1. The number of halogens is 1. The van der Waals surface area contributed by atoms with E-state index in [0.717, 1.165) is 19.3 Å². The van der Waals surface area contributed by atoms with E-state index in [4.69, 9.17) is 16.3 Å². The number of benzene rings is 1. The number of hydrogen-bond acceptors (Lipinski definition) is 4. The van der Waals surface area contributed by atoms with Gasteiger partial charge in [0.05, 0.1) is 18.1 Å². The van der Waals surface area contributed by atoms with Crippen molar-refractivity contribution in [3.05, 3.63) is 28.8 Å². The molecule has 146 valence electrons. The van der Waals surface area contributed by atoms with Crippen LogP contribution < -0.4 is 10.1 Å². The monoisotopic (exact) mass is 394 g/mol. The van der Waals surface area contributed by atoms with Gasteiger partial charge >= 0.3 is 5.97 Å². The summed E-state index contributed by atoms with van der Waals surface area (Å²) in [6.07, 6.45) is 3.22. The predicted octanol–water partition coefficient (Wildman–Crippen LogP) is 2.24. The first-order valence-corrected chi connectivity index (χ1v) is 9.44. The number of nitrogens with one attached hydrogen (secondary N) is 1. The van der Waals surface area contributed by atoms with Crippen LogP contribution in [0.3, 0.4) is 0 Å². The number of amides is 2. The van der Waals surface area contributed by atoms with E-state index in [1.54, 1.807) is 17.0 Å². The molecule has 3 rings (SSSR count). The zero-order valence-electron chi connectivity index (χ0n) is 15.1. The summed E-state index contributed by atoms with van der Waals surface area (Å²) >= 11 is 6.08. The van der Waals surface area contributed by atoms with Crippen molar-refractivity contribution < 1.29 is 24.2 Å². The average Bonchev–Trinajstić information content (AvgIpc) is 3.50. The molecule has 7 nitrogen and oxygen atoms in total. The van der Waals surface area contributed by atoms with Crippen LogP contribution in [0.25, 0.3) is 0 Å². The lowest BCUT2D eigenvalue weighted by molar-refractivity contribution is -0.144. The normalized spacial score (nSPS) is 20.7. The fourth-order valence-electron chi connectivity index (χ4n) is 3.39. The Labute approximate surface area is 162 Å². The SMILES string of the molecule is COc1ccc(C(NC(=O)C2CCCN(C(=O)C3CC3)C2)C(=O)O)cc1Cl. The molecule has 1 heterocycles. The Balaban J connectivity index is 1.68. The Morgan fingerprint density at radius 3 is 2.59 bits per heavy atom. The molecule has 0 bridgehead atoms. The van der Waals surface area contributed by atoms with Gasteiger partial charge in [0.25, 0.3) is 0 Å². The summed E-state index contributed by atoms with van der Waals surface area (Å²) in [7, 11) is 1.47. The number of carbonyl (C=O) groups excluding carboxylic acids is 2. The van der Waals surface area contributed by atoms with Gasteiger partial charge in [0.15, 0.2) is 6.04 Å². The first kappa shape index (κ1) is 19.5. The van der Waals surface area contributed by atoms with Gasteiger partial charge in [-0.25, -0.2) is 4.79 Å². The van der Waals surface area contributed by atoms with Gasteiger partial charge in [-0.3, -0.25) is 9.59 Å². The topological polar surface area (TPSA) is 95.9 Å². The third-order valence-electron chi connectivity index (χ3n) is 5.07. The van der Waals surface area contributed by atoms with Crippen molar-refractivity contribution >= 4 is 29.4 Å². The largest absolute Gasteiger partial charge is 0.495 e. The minimum absolute atomic E-state index is 0.111. The Morgan fingerprint density at radius 2 is 2.00 bits per heavy atom. The van der Waals surface area contributed by atoms with Crippen LogP contribution in [0.4, 0.5) is 0 Å². The van der Waals surface area contributed by atoms with Crippen LogP contribution in [0.1, 0.15) is 37.3 Å². The van der Waals surface area contributed by atoms with E-state index in [-0.39, 0.29) is 22.8 Å². The molecule has 1 saturated heterocycles. The molecule has 1 saturated carbocycles. The summed E-state index contributed by atoms with van der Waals surface area (Å²) < 4.78 is 5.07. The van der Waals surface area contributed by atoms with E-state index in [1.807, 2.05) is 0 Å². The molecule has 2 atom stereocenters. The van der Waals surface area contributed by atoms with Crippen LogP contribution in [-0.4, -0.2) is 48.0 Å². The Kier molecular flexibility index (Phi) is 5.89. The summed E-state index contributed by atoms with van der Waals surface area (Å²) in [5.41, 5.74) is 0.364. The van der Waals surface area contributed by atoms with Gasteiger partial charge in [-0.2, -0.15) is 0 Å². The minimum Gasteiger partial charge on any atom is -0.495 e. The van der Waals surface area contributed by atoms with Gasteiger partial charge in [0, 0.05) is 19.0 Å². The van der Waals surface area contributed by atoms with Gasteiger partial charge in [-0.05, 0) is 43.4 Å². The quantitative estimate of drug-likeness (QED) is 0.771. The molecule has 0 spiro atoms. The second kappa shape index (κ2) is 8.17. The number of carbonyl (C=O) groups is 3. The second-order valence-electron chi connectivity index (χ2n) is 7.07. The maximum Gasteiger partial charge on any atom is 0.330 e. The lowest BCUT2D eigenvalue weighted by atomic mass is 9.95. The van der Waals surface area contributed by atoms with Gasteiger partial charge < -0.3 is 20.1 Å². The third-order valence-corrected chi connectivity index (χ3v) is 5.37. The van der Waals surface area contributed by atoms with E-state index >= 15 is 0 Å². The van der Waals surface area contributed by atoms with Crippen LogP contribution in [0, 0.1) is 11.8 Å². The fraction of sp³-hybridized carbons (Fsp3) is 0.526. The molecule has 2 fully saturated rings. The number of methoxy groups -OCH3 is 1. The van der Waals surface area contributed by atoms with Crippen LogP contribution in [0.2, 0.25) is 5.02 Å². The number of ether oxygens (including phenoxy) is 1. The molecule has 1 aromatic carbocycles. The first-order valence-electron chi connectivity index (χ1n) is 9.06. The van der Waals surface area contributed by atoms with Crippen molar-refractivity contribution in [2.24, 2.45) is 11.8 Å². The van der Waals surface area contributed by atoms with E-state index in [9.17, 15) is 19.5 Å². The van der Waals surface area contributed by atoms with Crippen molar-refractivity contribution in [1.82, 2.24) is 10.2 Å². The highest BCUT2D eigenvalue weighted by Gasteiger charge is 2.37. The van der Waals surface area contributed by atoms with E-state index in [1.165, 1.54) is 13.2 Å². The number of likely N-dealkylation sites (tertiary alicyclic amines) is 1. The second-order valence-corrected chi connectivity index (χ2v) is 7.48. The summed E-state index contributed by atoms with van der Waals surface area (Å²) in [6.45, 7) is 1.01. The fourth-order valence-corrected chi connectivity index (χ4v) is 3.66. The molecule has 2 unspecified atom stereocenters. The molecule has 27 heavy (non-hydrogen) atoms. The highest BCUT2D eigenvalue weighted by atomic mass is 35.5. The van der Waals surface area contributed by atoms with Crippen LogP contribution in [0.15, 0.2) is 18.2 Å².